The summed E-state index contributed by atoms with van der Waals surface area (Å²) in [6.45, 7) is 5.39. The summed E-state index contributed by atoms with van der Waals surface area (Å²) < 4.78 is 22.3. The van der Waals surface area contributed by atoms with Crippen LogP contribution in [0.15, 0.2) is 59.1 Å². The third kappa shape index (κ3) is 7.38. The number of ether oxygens (including phenoxy) is 3. The van der Waals surface area contributed by atoms with Crippen molar-refractivity contribution in [1.82, 2.24) is 15.0 Å². The number of amides is 1. The molecule has 8 nitrogen and oxygen atoms in total. The lowest BCUT2D eigenvalue weighted by Gasteiger charge is -2.14. The third-order valence-corrected chi connectivity index (χ3v) is 4.61. The standard InChI is InChI=1S/C25H29N3O5/c1-4-23-26-24(33-27-23)18-28(3)25(29)14-12-19-11-13-21(22(17-19)30-5-2)32-16-15-31-20-9-7-6-8-10-20/h6-14,17H,4-5,15-16,18H2,1-3H3/b14-12+. The number of aromatic nitrogens is 2. The largest absolute Gasteiger partial charge is 0.490 e. The number of rotatable bonds is 12. The van der Waals surface area contributed by atoms with Crippen molar-refractivity contribution < 1.29 is 23.5 Å². The molecule has 8 heteroatoms. The molecule has 3 aromatic rings. The van der Waals surface area contributed by atoms with Crippen LogP contribution in [-0.2, 0) is 17.8 Å². The number of hydrogen-bond donors (Lipinski definition) is 0. The van der Waals surface area contributed by atoms with Crippen LogP contribution in [0.5, 0.6) is 17.2 Å². The minimum atomic E-state index is -0.178. The molecule has 0 saturated heterocycles. The molecule has 0 radical (unpaired) electrons. The predicted molar refractivity (Wildman–Crippen MR) is 124 cm³/mol. The zero-order chi connectivity index (χ0) is 23.5. The van der Waals surface area contributed by atoms with Gasteiger partial charge in [0.25, 0.3) is 0 Å². The molecule has 0 N–H and O–H groups in total. The Labute approximate surface area is 193 Å². The summed E-state index contributed by atoms with van der Waals surface area (Å²) in [5.41, 5.74) is 0.819. The molecule has 0 unspecified atom stereocenters. The van der Waals surface area contributed by atoms with Crippen molar-refractivity contribution in [3.8, 4) is 17.2 Å². The molecule has 0 fully saturated rings. The number of benzene rings is 2. The van der Waals surface area contributed by atoms with E-state index in [-0.39, 0.29) is 12.5 Å². The summed E-state index contributed by atoms with van der Waals surface area (Å²) in [4.78, 5) is 18.2. The molecule has 0 saturated carbocycles. The van der Waals surface area contributed by atoms with Gasteiger partial charge in [0.05, 0.1) is 13.2 Å². The first-order chi connectivity index (χ1) is 16.1. The Balaban J connectivity index is 1.55. The van der Waals surface area contributed by atoms with E-state index in [1.54, 1.807) is 13.1 Å². The molecule has 0 aliphatic heterocycles. The van der Waals surface area contributed by atoms with E-state index >= 15 is 0 Å². The molecule has 0 spiro atoms. The smallest absolute Gasteiger partial charge is 0.246 e. The first-order valence-corrected chi connectivity index (χ1v) is 10.9. The normalized spacial score (nSPS) is 10.9. The van der Waals surface area contributed by atoms with Gasteiger partial charge >= 0.3 is 0 Å². The number of carbonyl (C=O) groups excluding carboxylic acids is 1. The van der Waals surface area contributed by atoms with E-state index in [0.29, 0.717) is 49.5 Å². The van der Waals surface area contributed by atoms with E-state index in [1.165, 1.54) is 11.0 Å². The monoisotopic (exact) mass is 451 g/mol. The number of nitrogens with zero attached hydrogens (tertiary/aromatic N) is 3. The van der Waals surface area contributed by atoms with Crippen LogP contribution >= 0.6 is 0 Å². The molecule has 2 aromatic carbocycles. The third-order valence-electron chi connectivity index (χ3n) is 4.61. The summed E-state index contributed by atoms with van der Waals surface area (Å²) in [6, 6.07) is 15.1. The number of likely N-dealkylation sites (N-methyl/N-ethyl adjacent to an activating group) is 1. The van der Waals surface area contributed by atoms with Crippen LogP contribution in [0.25, 0.3) is 6.08 Å². The van der Waals surface area contributed by atoms with Gasteiger partial charge < -0.3 is 23.6 Å². The lowest BCUT2D eigenvalue weighted by Crippen LogP contribution is -2.24. The Hall–Kier alpha value is -3.81. The van der Waals surface area contributed by atoms with Gasteiger partial charge in [-0.15, -0.1) is 0 Å². The quantitative estimate of drug-likeness (QED) is 0.302. The SMILES string of the molecule is CCOc1cc(/C=C/C(=O)N(C)Cc2nc(CC)no2)ccc1OCCOc1ccccc1. The van der Waals surface area contributed by atoms with Gasteiger partial charge in [-0.25, -0.2) is 0 Å². The van der Waals surface area contributed by atoms with E-state index < -0.39 is 0 Å². The number of aryl methyl sites for hydroxylation is 1. The molecule has 3 rings (SSSR count). The van der Waals surface area contributed by atoms with E-state index in [4.69, 9.17) is 18.7 Å². The molecule has 1 heterocycles. The van der Waals surface area contributed by atoms with Crippen molar-refractivity contribution in [3.63, 3.8) is 0 Å². The molecule has 0 atom stereocenters. The van der Waals surface area contributed by atoms with Gasteiger partial charge in [-0.3, -0.25) is 4.79 Å². The van der Waals surface area contributed by atoms with Gasteiger partial charge in [-0.05, 0) is 42.8 Å². The van der Waals surface area contributed by atoms with Gasteiger partial charge in [0.2, 0.25) is 11.8 Å². The Kier molecular flexibility index (Phi) is 8.88. The maximum Gasteiger partial charge on any atom is 0.246 e. The summed E-state index contributed by atoms with van der Waals surface area (Å²) >= 11 is 0. The van der Waals surface area contributed by atoms with Crippen LogP contribution in [0.1, 0.15) is 31.1 Å². The van der Waals surface area contributed by atoms with Crippen molar-refractivity contribution in [1.29, 1.82) is 0 Å². The van der Waals surface area contributed by atoms with Crippen LogP contribution in [0.3, 0.4) is 0 Å². The second-order valence-electron chi connectivity index (χ2n) is 7.13. The van der Waals surface area contributed by atoms with Gasteiger partial charge in [0.1, 0.15) is 19.0 Å². The molecule has 0 aliphatic rings. The minimum Gasteiger partial charge on any atom is -0.490 e. The maximum absolute atomic E-state index is 12.4. The fraction of sp³-hybridized carbons (Fsp3) is 0.320. The highest BCUT2D eigenvalue weighted by molar-refractivity contribution is 5.91. The van der Waals surface area contributed by atoms with Gasteiger partial charge in [-0.2, -0.15) is 4.98 Å². The molecular weight excluding hydrogens is 422 g/mol. The van der Waals surface area contributed by atoms with E-state index in [1.807, 2.05) is 62.4 Å². The molecular formula is C25H29N3O5. The fourth-order valence-electron chi connectivity index (χ4n) is 2.92. The van der Waals surface area contributed by atoms with Crippen LogP contribution in [0.2, 0.25) is 0 Å². The number of hydrogen-bond acceptors (Lipinski definition) is 7. The molecule has 1 aromatic heterocycles. The highest BCUT2D eigenvalue weighted by Crippen LogP contribution is 2.29. The van der Waals surface area contributed by atoms with Crippen LogP contribution in [0.4, 0.5) is 0 Å². The van der Waals surface area contributed by atoms with Crippen molar-refractivity contribution in [2.24, 2.45) is 0 Å². The maximum atomic E-state index is 12.4. The van der Waals surface area contributed by atoms with Gasteiger partial charge in [0.15, 0.2) is 17.3 Å². The van der Waals surface area contributed by atoms with E-state index in [9.17, 15) is 4.79 Å². The first kappa shape index (κ1) is 23.8. The van der Waals surface area contributed by atoms with Crippen molar-refractivity contribution in [2.75, 3.05) is 26.9 Å². The molecule has 0 bridgehead atoms. The van der Waals surface area contributed by atoms with Crippen molar-refractivity contribution in [3.05, 3.63) is 71.9 Å². The fourth-order valence-corrected chi connectivity index (χ4v) is 2.92. The lowest BCUT2D eigenvalue weighted by atomic mass is 10.2. The zero-order valence-electron chi connectivity index (χ0n) is 19.2. The zero-order valence-corrected chi connectivity index (χ0v) is 19.2. The van der Waals surface area contributed by atoms with Crippen LogP contribution in [-0.4, -0.2) is 47.8 Å². The number of carbonyl (C=O) groups is 1. The molecule has 1 amide bonds. The van der Waals surface area contributed by atoms with Crippen LogP contribution < -0.4 is 14.2 Å². The number of para-hydroxylation sites is 1. The van der Waals surface area contributed by atoms with Gasteiger partial charge in [-0.1, -0.05) is 36.3 Å². The second kappa shape index (κ2) is 12.3. The summed E-state index contributed by atoms with van der Waals surface area (Å²) in [5, 5.41) is 3.84. The molecule has 174 valence electrons. The molecule has 33 heavy (non-hydrogen) atoms. The summed E-state index contributed by atoms with van der Waals surface area (Å²) in [7, 11) is 1.68. The molecule has 0 aliphatic carbocycles. The first-order valence-electron chi connectivity index (χ1n) is 10.9. The topological polar surface area (TPSA) is 86.9 Å². The Morgan fingerprint density at radius 3 is 2.55 bits per heavy atom. The van der Waals surface area contributed by atoms with Crippen molar-refractivity contribution in [2.45, 2.75) is 26.8 Å². The average Bonchev–Trinajstić information content (AvgIpc) is 3.29. The highest BCUT2D eigenvalue weighted by atomic mass is 16.5. The second-order valence-corrected chi connectivity index (χ2v) is 7.13. The van der Waals surface area contributed by atoms with E-state index in [2.05, 4.69) is 10.1 Å². The highest BCUT2D eigenvalue weighted by Gasteiger charge is 2.12. The van der Waals surface area contributed by atoms with Crippen LogP contribution in [0, 0.1) is 0 Å². The summed E-state index contributed by atoms with van der Waals surface area (Å²) in [6.07, 6.45) is 3.91. The van der Waals surface area contributed by atoms with Crippen molar-refractivity contribution >= 4 is 12.0 Å². The van der Waals surface area contributed by atoms with E-state index in [0.717, 1.165) is 11.3 Å². The minimum absolute atomic E-state index is 0.178. The Bertz CT molecular complexity index is 1050. The predicted octanol–water partition coefficient (Wildman–Crippen LogP) is 4.16. The van der Waals surface area contributed by atoms with Gasteiger partial charge in [0, 0.05) is 19.5 Å². The lowest BCUT2D eigenvalue weighted by molar-refractivity contribution is -0.125. The Morgan fingerprint density at radius 2 is 1.82 bits per heavy atom. The summed E-state index contributed by atoms with van der Waals surface area (Å²) in [5.74, 6) is 2.88. The Morgan fingerprint density at radius 1 is 1.03 bits per heavy atom. The average molecular weight is 452 g/mol.